The molecule has 4 rings (SSSR count). The van der Waals surface area contributed by atoms with Crippen LogP contribution in [0.2, 0.25) is 5.02 Å². The predicted molar refractivity (Wildman–Crippen MR) is 93.4 cm³/mol. The van der Waals surface area contributed by atoms with Crippen LogP contribution >= 0.6 is 22.9 Å². The van der Waals surface area contributed by atoms with Crippen molar-refractivity contribution in [3.63, 3.8) is 0 Å². The van der Waals surface area contributed by atoms with Gasteiger partial charge in [0.1, 0.15) is 11.6 Å². The quantitative estimate of drug-likeness (QED) is 0.572. The molecule has 10 heteroatoms. The summed E-state index contributed by atoms with van der Waals surface area (Å²) >= 11 is 6.78. The van der Waals surface area contributed by atoms with E-state index in [1.165, 1.54) is 28.8 Å². The number of nitrogens with one attached hydrogen (secondary N) is 1. The number of rotatable bonds is 3. The van der Waals surface area contributed by atoms with Crippen LogP contribution in [0.3, 0.4) is 0 Å². The van der Waals surface area contributed by atoms with Gasteiger partial charge in [-0.05, 0) is 30.3 Å². The van der Waals surface area contributed by atoms with Gasteiger partial charge in [-0.2, -0.15) is 4.52 Å². The zero-order valence-electron chi connectivity index (χ0n) is 12.8. The topological polar surface area (TPSA) is 72.2 Å². The third-order valence-corrected chi connectivity index (χ3v) is 4.58. The van der Waals surface area contributed by atoms with E-state index in [1.807, 2.05) is 0 Å². The number of benzene rings is 2. The molecule has 1 N–H and O–H groups in total. The maximum Gasteiger partial charge on any atom is 0.257 e. The standard InChI is InChI=1S/C16H8ClF2N5OS/c17-11-7-9(4-5-12(11)19)14(25)20-15-23-24-13(21-22-16(24)26-15)8-2-1-3-10(18)6-8/h1-7H,(H,20,23,25). The van der Waals surface area contributed by atoms with Gasteiger partial charge in [-0.25, -0.2) is 8.78 Å². The summed E-state index contributed by atoms with van der Waals surface area (Å²) in [5, 5.41) is 14.9. The fraction of sp³-hybridized carbons (Fsp3) is 0. The van der Waals surface area contributed by atoms with E-state index in [1.54, 1.807) is 12.1 Å². The second-order valence-corrected chi connectivity index (χ2v) is 6.58. The second-order valence-electron chi connectivity index (χ2n) is 5.22. The molecule has 0 bridgehead atoms. The molecule has 2 aromatic heterocycles. The molecule has 2 heterocycles. The number of carbonyl (C=O) groups excluding carboxylic acids is 1. The first kappa shape index (κ1) is 16.6. The van der Waals surface area contributed by atoms with Crippen molar-refractivity contribution in [2.45, 2.75) is 0 Å². The highest BCUT2D eigenvalue weighted by atomic mass is 35.5. The Morgan fingerprint density at radius 2 is 2.00 bits per heavy atom. The average molecular weight is 392 g/mol. The molecule has 0 aliphatic heterocycles. The fourth-order valence-electron chi connectivity index (χ4n) is 2.28. The van der Waals surface area contributed by atoms with Crippen LogP contribution in [0, 0.1) is 11.6 Å². The lowest BCUT2D eigenvalue weighted by Gasteiger charge is -2.02. The summed E-state index contributed by atoms with van der Waals surface area (Å²) < 4.78 is 28.0. The van der Waals surface area contributed by atoms with Crippen molar-refractivity contribution in [1.82, 2.24) is 19.8 Å². The van der Waals surface area contributed by atoms with Crippen molar-refractivity contribution in [3.8, 4) is 11.4 Å². The largest absolute Gasteiger partial charge is 0.296 e. The van der Waals surface area contributed by atoms with E-state index in [4.69, 9.17) is 11.6 Å². The van der Waals surface area contributed by atoms with Crippen LogP contribution < -0.4 is 5.32 Å². The number of hydrogen-bond acceptors (Lipinski definition) is 5. The Labute approximate surface area is 154 Å². The van der Waals surface area contributed by atoms with Crippen LogP contribution in [0.4, 0.5) is 13.9 Å². The van der Waals surface area contributed by atoms with Gasteiger partial charge in [-0.3, -0.25) is 10.1 Å². The number of amides is 1. The predicted octanol–water partition coefficient (Wildman–Crippen LogP) is 4.04. The van der Waals surface area contributed by atoms with Crippen molar-refractivity contribution >= 4 is 38.9 Å². The fourth-order valence-corrected chi connectivity index (χ4v) is 3.20. The average Bonchev–Trinajstić information content (AvgIpc) is 3.17. The van der Waals surface area contributed by atoms with Crippen LogP contribution in [0.5, 0.6) is 0 Å². The normalized spacial score (nSPS) is 11.0. The maximum atomic E-state index is 13.4. The van der Waals surface area contributed by atoms with Crippen molar-refractivity contribution in [3.05, 3.63) is 64.7 Å². The molecule has 0 radical (unpaired) electrons. The van der Waals surface area contributed by atoms with Gasteiger partial charge in [-0.15, -0.1) is 15.3 Å². The zero-order chi connectivity index (χ0) is 18.3. The highest BCUT2D eigenvalue weighted by Gasteiger charge is 2.16. The Hall–Kier alpha value is -2.91. The van der Waals surface area contributed by atoms with Gasteiger partial charge >= 0.3 is 0 Å². The first-order chi connectivity index (χ1) is 12.5. The second kappa shape index (κ2) is 6.43. The minimum Gasteiger partial charge on any atom is -0.296 e. The SMILES string of the molecule is O=C(Nc1nn2c(-c3cccc(F)c3)nnc2s1)c1ccc(F)c(Cl)c1. The van der Waals surface area contributed by atoms with Gasteiger partial charge in [0, 0.05) is 11.1 Å². The van der Waals surface area contributed by atoms with Gasteiger partial charge in [0.25, 0.3) is 5.91 Å². The lowest BCUT2D eigenvalue weighted by molar-refractivity contribution is 0.102. The molecule has 0 atom stereocenters. The molecule has 1 amide bonds. The summed E-state index contributed by atoms with van der Waals surface area (Å²) in [4.78, 5) is 12.7. The van der Waals surface area contributed by atoms with Gasteiger partial charge in [0.15, 0.2) is 5.82 Å². The van der Waals surface area contributed by atoms with Crippen LogP contribution in [-0.2, 0) is 0 Å². The first-order valence-electron chi connectivity index (χ1n) is 7.26. The summed E-state index contributed by atoms with van der Waals surface area (Å²) in [6.07, 6.45) is 0. The summed E-state index contributed by atoms with van der Waals surface area (Å²) in [5.41, 5.74) is 0.693. The van der Waals surface area contributed by atoms with E-state index < -0.39 is 17.5 Å². The molecular formula is C16H8ClF2N5OS. The minimum atomic E-state index is -0.609. The Bertz CT molecular complexity index is 1140. The molecule has 0 fully saturated rings. The van der Waals surface area contributed by atoms with Crippen LogP contribution in [0.1, 0.15) is 10.4 Å². The molecule has 4 aromatic rings. The van der Waals surface area contributed by atoms with Crippen LogP contribution in [0.25, 0.3) is 16.3 Å². The molecule has 26 heavy (non-hydrogen) atoms. The molecule has 0 spiro atoms. The number of halogens is 3. The van der Waals surface area contributed by atoms with Crippen molar-refractivity contribution < 1.29 is 13.6 Å². The van der Waals surface area contributed by atoms with E-state index in [9.17, 15) is 13.6 Å². The summed E-state index contributed by atoms with van der Waals surface area (Å²) in [6, 6.07) is 9.52. The number of hydrogen-bond donors (Lipinski definition) is 1. The maximum absolute atomic E-state index is 13.4. The summed E-state index contributed by atoms with van der Waals surface area (Å²) in [6.45, 7) is 0. The third-order valence-electron chi connectivity index (χ3n) is 3.48. The smallest absolute Gasteiger partial charge is 0.257 e. The van der Waals surface area contributed by atoms with Crippen molar-refractivity contribution in [2.75, 3.05) is 5.32 Å². The number of fused-ring (bicyclic) bond motifs is 1. The van der Waals surface area contributed by atoms with E-state index in [0.29, 0.717) is 16.3 Å². The Morgan fingerprint density at radius 1 is 1.15 bits per heavy atom. The highest BCUT2D eigenvalue weighted by Crippen LogP contribution is 2.25. The third kappa shape index (κ3) is 3.02. The van der Waals surface area contributed by atoms with Crippen molar-refractivity contribution in [1.29, 1.82) is 0 Å². The lowest BCUT2D eigenvalue weighted by atomic mass is 10.2. The summed E-state index contributed by atoms with van der Waals surface area (Å²) in [7, 11) is 0. The number of carbonyl (C=O) groups is 1. The van der Waals surface area contributed by atoms with Crippen molar-refractivity contribution in [2.24, 2.45) is 0 Å². The Balaban J connectivity index is 1.64. The number of anilines is 1. The van der Waals surface area contributed by atoms with Gasteiger partial charge < -0.3 is 0 Å². The molecule has 130 valence electrons. The Morgan fingerprint density at radius 3 is 2.77 bits per heavy atom. The van der Waals surface area contributed by atoms with Gasteiger partial charge in [-0.1, -0.05) is 35.1 Å². The molecule has 0 unspecified atom stereocenters. The Kier molecular flexibility index (Phi) is 4.09. The molecule has 2 aromatic carbocycles. The number of nitrogens with zero attached hydrogens (tertiary/aromatic N) is 4. The monoisotopic (exact) mass is 391 g/mol. The molecule has 0 aliphatic carbocycles. The molecule has 0 saturated carbocycles. The van der Waals surface area contributed by atoms with Gasteiger partial charge in [0.05, 0.1) is 5.02 Å². The van der Waals surface area contributed by atoms with Crippen LogP contribution in [0.15, 0.2) is 42.5 Å². The minimum absolute atomic E-state index is 0.149. The molecular weight excluding hydrogens is 384 g/mol. The van der Waals surface area contributed by atoms with Crippen LogP contribution in [-0.4, -0.2) is 25.7 Å². The zero-order valence-corrected chi connectivity index (χ0v) is 14.4. The van der Waals surface area contributed by atoms with E-state index in [2.05, 4.69) is 20.6 Å². The lowest BCUT2D eigenvalue weighted by Crippen LogP contribution is -2.12. The molecule has 0 saturated heterocycles. The number of aromatic nitrogens is 4. The van der Waals surface area contributed by atoms with E-state index in [-0.39, 0.29) is 15.7 Å². The molecule has 6 nitrogen and oxygen atoms in total. The first-order valence-corrected chi connectivity index (χ1v) is 8.45. The van der Waals surface area contributed by atoms with E-state index >= 15 is 0 Å². The summed E-state index contributed by atoms with van der Waals surface area (Å²) in [5.74, 6) is -1.16. The van der Waals surface area contributed by atoms with Gasteiger partial charge in [0.2, 0.25) is 10.1 Å². The highest BCUT2D eigenvalue weighted by molar-refractivity contribution is 7.20. The molecule has 0 aliphatic rings. The van der Waals surface area contributed by atoms with E-state index in [0.717, 1.165) is 17.4 Å².